The van der Waals surface area contributed by atoms with Crippen molar-refractivity contribution in [3.8, 4) is 0 Å². The molecule has 0 saturated carbocycles. The first-order valence-corrected chi connectivity index (χ1v) is 6.00. The van der Waals surface area contributed by atoms with Crippen molar-refractivity contribution in [1.29, 1.82) is 0 Å². The van der Waals surface area contributed by atoms with E-state index in [0.29, 0.717) is 6.04 Å². The van der Waals surface area contributed by atoms with Gasteiger partial charge in [-0.1, -0.05) is 42.4 Å². The Kier molecular flexibility index (Phi) is 3.94. The van der Waals surface area contributed by atoms with Crippen molar-refractivity contribution in [2.75, 3.05) is 0 Å². The molecule has 0 spiro atoms. The van der Waals surface area contributed by atoms with Gasteiger partial charge in [0.25, 0.3) is 0 Å². The maximum atomic E-state index is 5.05. The Morgan fingerprint density at radius 2 is 2.06 bits per heavy atom. The van der Waals surface area contributed by atoms with Crippen LogP contribution in [0.15, 0.2) is 40.9 Å². The van der Waals surface area contributed by atoms with E-state index < -0.39 is 0 Å². The van der Waals surface area contributed by atoms with E-state index in [1.165, 1.54) is 5.56 Å². The Balaban J connectivity index is 1.97. The number of hydrogen-bond acceptors (Lipinski definition) is 3. The number of rotatable bonds is 5. The lowest BCUT2D eigenvalue weighted by molar-refractivity contribution is 0.385. The molecule has 0 aliphatic rings. The Hall–Kier alpha value is -1.61. The lowest BCUT2D eigenvalue weighted by atomic mass is 10.0. The third-order valence-corrected chi connectivity index (χ3v) is 2.82. The molecule has 0 fully saturated rings. The predicted octanol–water partition coefficient (Wildman–Crippen LogP) is 3.22. The van der Waals surface area contributed by atoms with Crippen LogP contribution in [0, 0.1) is 6.92 Å². The molecule has 1 atom stereocenters. The third kappa shape index (κ3) is 3.17. The number of benzene rings is 1. The smallest absolute Gasteiger partial charge is 0.133 e. The molecule has 2 rings (SSSR count). The van der Waals surface area contributed by atoms with Crippen molar-refractivity contribution in [3.05, 3.63) is 53.4 Å². The molecule has 2 aromatic rings. The van der Waals surface area contributed by atoms with Crippen LogP contribution in [0.4, 0.5) is 0 Å². The highest BCUT2D eigenvalue weighted by atomic mass is 16.5. The average Bonchev–Trinajstić information content (AvgIpc) is 2.77. The summed E-state index contributed by atoms with van der Waals surface area (Å²) < 4.78 is 5.05. The lowest BCUT2D eigenvalue weighted by Crippen LogP contribution is -2.20. The van der Waals surface area contributed by atoms with Crippen molar-refractivity contribution in [2.45, 2.75) is 32.9 Å². The Morgan fingerprint density at radius 1 is 1.29 bits per heavy atom. The SMILES string of the molecule is CCC(NCc1cc(C)on1)c1ccccc1. The molecule has 17 heavy (non-hydrogen) atoms. The van der Waals surface area contributed by atoms with E-state index in [2.05, 4.69) is 41.7 Å². The van der Waals surface area contributed by atoms with E-state index >= 15 is 0 Å². The summed E-state index contributed by atoms with van der Waals surface area (Å²) >= 11 is 0. The molecule has 1 unspecified atom stereocenters. The number of aromatic nitrogens is 1. The van der Waals surface area contributed by atoms with E-state index in [4.69, 9.17) is 4.52 Å². The fraction of sp³-hybridized carbons (Fsp3) is 0.357. The van der Waals surface area contributed by atoms with Gasteiger partial charge in [0.2, 0.25) is 0 Å². The summed E-state index contributed by atoms with van der Waals surface area (Å²) in [5, 5.41) is 7.47. The van der Waals surface area contributed by atoms with E-state index in [9.17, 15) is 0 Å². The van der Waals surface area contributed by atoms with Gasteiger partial charge in [0, 0.05) is 18.7 Å². The first-order chi connectivity index (χ1) is 8.29. The highest BCUT2D eigenvalue weighted by Crippen LogP contribution is 2.16. The predicted molar refractivity (Wildman–Crippen MR) is 67.6 cm³/mol. The summed E-state index contributed by atoms with van der Waals surface area (Å²) in [6, 6.07) is 12.8. The molecule has 1 N–H and O–H groups in total. The van der Waals surface area contributed by atoms with Crippen LogP contribution in [-0.2, 0) is 6.54 Å². The molecular formula is C14H18N2O. The zero-order chi connectivity index (χ0) is 12.1. The zero-order valence-corrected chi connectivity index (χ0v) is 10.3. The monoisotopic (exact) mass is 230 g/mol. The third-order valence-electron chi connectivity index (χ3n) is 2.82. The maximum absolute atomic E-state index is 5.05. The van der Waals surface area contributed by atoms with Crippen molar-refractivity contribution in [2.24, 2.45) is 0 Å². The minimum absolute atomic E-state index is 0.369. The zero-order valence-electron chi connectivity index (χ0n) is 10.3. The van der Waals surface area contributed by atoms with E-state index in [-0.39, 0.29) is 0 Å². The molecule has 0 aliphatic heterocycles. The van der Waals surface area contributed by atoms with Gasteiger partial charge in [-0.15, -0.1) is 0 Å². The summed E-state index contributed by atoms with van der Waals surface area (Å²) in [6.45, 7) is 4.83. The summed E-state index contributed by atoms with van der Waals surface area (Å²) in [5.74, 6) is 0.856. The highest BCUT2D eigenvalue weighted by molar-refractivity contribution is 5.19. The van der Waals surface area contributed by atoms with E-state index in [0.717, 1.165) is 24.4 Å². The Bertz CT molecular complexity index is 450. The van der Waals surface area contributed by atoms with Crippen LogP contribution in [0.1, 0.15) is 36.4 Å². The van der Waals surface area contributed by atoms with Gasteiger partial charge in [-0.3, -0.25) is 0 Å². The molecule has 0 bridgehead atoms. The van der Waals surface area contributed by atoms with Crippen LogP contribution in [0.5, 0.6) is 0 Å². The summed E-state index contributed by atoms with van der Waals surface area (Å²) in [4.78, 5) is 0. The van der Waals surface area contributed by atoms with Crippen LogP contribution in [0.2, 0.25) is 0 Å². The van der Waals surface area contributed by atoms with Gasteiger partial charge in [0.05, 0.1) is 5.69 Å². The Labute approximate surface area is 102 Å². The van der Waals surface area contributed by atoms with Gasteiger partial charge in [0.15, 0.2) is 0 Å². The standard InChI is InChI=1S/C14H18N2O/c1-3-14(12-7-5-4-6-8-12)15-10-13-9-11(2)17-16-13/h4-9,14-15H,3,10H2,1-2H3. The highest BCUT2D eigenvalue weighted by Gasteiger charge is 2.09. The first kappa shape index (κ1) is 11.9. The average molecular weight is 230 g/mol. The molecule has 0 amide bonds. The molecule has 0 aliphatic carbocycles. The number of nitrogens with one attached hydrogen (secondary N) is 1. The molecule has 0 radical (unpaired) electrons. The van der Waals surface area contributed by atoms with Gasteiger partial charge in [-0.2, -0.15) is 0 Å². The second-order valence-corrected chi connectivity index (χ2v) is 4.18. The van der Waals surface area contributed by atoms with Crippen LogP contribution in [0.25, 0.3) is 0 Å². The largest absolute Gasteiger partial charge is 0.361 e. The summed E-state index contributed by atoms with van der Waals surface area (Å²) in [5.41, 5.74) is 2.27. The molecule has 1 aromatic heterocycles. The number of hydrogen-bond donors (Lipinski definition) is 1. The molecule has 1 aromatic carbocycles. The molecule has 3 nitrogen and oxygen atoms in total. The fourth-order valence-electron chi connectivity index (χ4n) is 1.91. The minimum atomic E-state index is 0.369. The van der Waals surface area contributed by atoms with Crippen molar-refractivity contribution in [3.63, 3.8) is 0 Å². The summed E-state index contributed by atoms with van der Waals surface area (Å²) in [7, 11) is 0. The quantitative estimate of drug-likeness (QED) is 0.857. The van der Waals surface area contributed by atoms with Gasteiger partial charge in [-0.25, -0.2) is 0 Å². The number of aryl methyl sites for hydroxylation is 1. The van der Waals surface area contributed by atoms with Gasteiger partial charge in [-0.05, 0) is 18.9 Å². The molecule has 3 heteroatoms. The van der Waals surface area contributed by atoms with Crippen LogP contribution < -0.4 is 5.32 Å². The lowest BCUT2D eigenvalue weighted by Gasteiger charge is -2.16. The van der Waals surface area contributed by atoms with Crippen LogP contribution in [-0.4, -0.2) is 5.16 Å². The van der Waals surface area contributed by atoms with Crippen molar-refractivity contribution >= 4 is 0 Å². The van der Waals surface area contributed by atoms with E-state index in [1.54, 1.807) is 0 Å². The topological polar surface area (TPSA) is 38.1 Å². The summed E-state index contributed by atoms with van der Waals surface area (Å²) in [6.07, 6.45) is 1.06. The fourth-order valence-corrected chi connectivity index (χ4v) is 1.91. The maximum Gasteiger partial charge on any atom is 0.133 e. The molecule has 0 saturated heterocycles. The van der Waals surface area contributed by atoms with Crippen molar-refractivity contribution in [1.82, 2.24) is 10.5 Å². The first-order valence-electron chi connectivity index (χ1n) is 6.00. The minimum Gasteiger partial charge on any atom is -0.361 e. The van der Waals surface area contributed by atoms with E-state index in [1.807, 2.05) is 19.1 Å². The molecule has 90 valence electrons. The van der Waals surface area contributed by atoms with Gasteiger partial charge >= 0.3 is 0 Å². The second kappa shape index (κ2) is 5.64. The molecular weight excluding hydrogens is 212 g/mol. The van der Waals surface area contributed by atoms with Gasteiger partial charge < -0.3 is 9.84 Å². The Morgan fingerprint density at radius 3 is 2.65 bits per heavy atom. The normalized spacial score (nSPS) is 12.6. The second-order valence-electron chi connectivity index (χ2n) is 4.18. The van der Waals surface area contributed by atoms with Crippen molar-refractivity contribution < 1.29 is 4.52 Å². The molecule has 1 heterocycles. The van der Waals surface area contributed by atoms with Crippen LogP contribution in [0.3, 0.4) is 0 Å². The van der Waals surface area contributed by atoms with Gasteiger partial charge in [0.1, 0.15) is 5.76 Å². The number of nitrogens with zero attached hydrogens (tertiary/aromatic N) is 1. The van der Waals surface area contributed by atoms with Crippen LogP contribution >= 0.6 is 0 Å².